The van der Waals surface area contributed by atoms with E-state index in [-0.39, 0.29) is 1.43 Å². The van der Waals surface area contributed by atoms with Gasteiger partial charge in [0, 0.05) is 22.7 Å². The fourth-order valence-corrected chi connectivity index (χ4v) is 1.21. The molecule has 11 heavy (non-hydrogen) atoms. The number of hydrogen-bond acceptors (Lipinski definition) is 1. The van der Waals surface area contributed by atoms with E-state index in [0.29, 0.717) is 0 Å². The summed E-state index contributed by atoms with van der Waals surface area (Å²) in [5.41, 5.74) is 1.75. The Morgan fingerprint density at radius 3 is 3.09 bits per heavy atom. The fourth-order valence-electron chi connectivity index (χ4n) is 1.21. The number of aromatic nitrogens is 1. The highest BCUT2D eigenvalue weighted by atomic mass is 16.1. The molecule has 0 saturated carbocycles. The smallest absolute Gasteiger partial charge is 0.361 e. The van der Waals surface area contributed by atoms with Gasteiger partial charge in [-0.1, -0.05) is 12.1 Å². The third-order valence-corrected chi connectivity index (χ3v) is 1.76. The minimum absolute atomic E-state index is 0. The molecule has 0 radical (unpaired) electrons. The van der Waals surface area contributed by atoms with Crippen molar-refractivity contribution in [3.63, 3.8) is 0 Å². The van der Waals surface area contributed by atoms with Crippen molar-refractivity contribution >= 4 is 17.2 Å². The molecule has 1 aromatic carbocycles. The molecule has 1 N–H and O–H groups in total. The molecule has 2 nitrogen and oxygen atoms in total. The van der Waals surface area contributed by atoms with Crippen molar-refractivity contribution in [3.05, 3.63) is 36.0 Å². The molecule has 1 heterocycles. The zero-order valence-electron chi connectivity index (χ0n) is 6.87. The van der Waals surface area contributed by atoms with Crippen LogP contribution in [0, 0.1) is 0 Å². The van der Waals surface area contributed by atoms with E-state index < -0.39 is 0 Å². The molecule has 0 unspecified atom stereocenters. The van der Waals surface area contributed by atoms with Crippen LogP contribution in [0.2, 0.25) is 0 Å². The summed E-state index contributed by atoms with van der Waals surface area (Å²) in [5, 5.41) is 0.988. The molecule has 2 aromatic rings. The number of carbonyl (C=O) groups is 1. The highest BCUT2D eigenvalue weighted by Gasteiger charge is 1.97. The summed E-state index contributed by atoms with van der Waals surface area (Å²) in [6.07, 6.45) is 2.70. The highest BCUT2D eigenvalue weighted by Crippen LogP contribution is 2.14. The summed E-state index contributed by atoms with van der Waals surface area (Å²) in [5.74, 6) is 0. The minimum Gasteiger partial charge on any atom is -0.361 e. The lowest BCUT2D eigenvalue weighted by Gasteiger charge is -1.91. The van der Waals surface area contributed by atoms with Crippen LogP contribution < -0.4 is 0 Å². The van der Waals surface area contributed by atoms with Crippen molar-refractivity contribution in [2.75, 3.05) is 0 Å². The number of benzene rings is 1. The molecule has 54 valence electrons. The van der Waals surface area contributed by atoms with Gasteiger partial charge in [0.25, 0.3) is 0 Å². The molecule has 0 atom stereocenters. The van der Waals surface area contributed by atoms with Crippen LogP contribution in [0.3, 0.4) is 0 Å². The monoisotopic (exact) mass is 146 g/mol. The molecule has 1 aromatic heterocycles. The van der Waals surface area contributed by atoms with Crippen molar-refractivity contribution in [2.45, 2.75) is 0 Å². The van der Waals surface area contributed by atoms with Crippen LogP contribution in [-0.2, 0) is 0 Å². The zero-order valence-corrected chi connectivity index (χ0v) is 5.87. The number of aromatic amines is 1. The zero-order chi connectivity index (χ0) is 7.68. The number of fused-ring (bicyclic) bond motifs is 1. The van der Waals surface area contributed by atoms with Crippen LogP contribution in [0.4, 0.5) is 0 Å². The van der Waals surface area contributed by atoms with Crippen LogP contribution in [-0.4, -0.2) is 11.3 Å². The Balaban J connectivity index is 0.000000720. The second-order valence-electron chi connectivity index (χ2n) is 2.40. The van der Waals surface area contributed by atoms with E-state index in [1.807, 2.05) is 30.5 Å². The van der Waals surface area contributed by atoms with Gasteiger partial charge < -0.3 is 4.98 Å². The first-order chi connectivity index (χ1) is 5.42. The van der Waals surface area contributed by atoms with Gasteiger partial charge in [-0.2, -0.15) is 0 Å². The van der Waals surface area contributed by atoms with Gasteiger partial charge in [-0.25, -0.2) is 0 Å². The third kappa shape index (κ3) is 0.835. The van der Waals surface area contributed by atoms with E-state index in [1.54, 1.807) is 0 Å². The fraction of sp³-hybridized carbons (Fsp3) is 0. The number of nitrogens with one attached hydrogen (secondary N) is 1. The molecule has 2 heteroatoms. The summed E-state index contributed by atoms with van der Waals surface area (Å²) >= 11 is 0. The van der Waals surface area contributed by atoms with Gasteiger partial charge in [0.15, 0.2) is 6.29 Å². The van der Waals surface area contributed by atoms with Gasteiger partial charge in [-0.15, -0.1) is 0 Å². The first-order valence-electron chi connectivity index (χ1n) is 3.43. The maximum atomic E-state index is 10.5. The standard InChI is InChI=1S/C9H7NO/c11-6-7-2-1-3-9-8(7)4-5-10-9/h1-6,10H/p+1. The van der Waals surface area contributed by atoms with Gasteiger partial charge in [-0.05, 0) is 12.1 Å². The van der Waals surface area contributed by atoms with Gasteiger partial charge in [0.2, 0.25) is 0 Å². The molecule has 0 aliphatic rings. The summed E-state index contributed by atoms with van der Waals surface area (Å²) < 4.78 is 0. The Labute approximate surface area is 65.3 Å². The molecular weight excluding hydrogens is 138 g/mol. The van der Waals surface area contributed by atoms with E-state index in [4.69, 9.17) is 0 Å². The minimum atomic E-state index is 0. The van der Waals surface area contributed by atoms with E-state index in [2.05, 4.69) is 4.98 Å². The summed E-state index contributed by atoms with van der Waals surface area (Å²) in [4.78, 5) is 13.5. The van der Waals surface area contributed by atoms with E-state index in [9.17, 15) is 4.79 Å². The molecule has 0 aliphatic heterocycles. The Morgan fingerprint density at radius 2 is 2.27 bits per heavy atom. The van der Waals surface area contributed by atoms with E-state index >= 15 is 0 Å². The predicted molar refractivity (Wildman–Crippen MR) is 44.8 cm³/mol. The molecule has 2 rings (SSSR count). The maximum Gasteiger partial charge on any atom is 1.00 e. The Morgan fingerprint density at radius 1 is 1.36 bits per heavy atom. The number of rotatable bonds is 1. The summed E-state index contributed by atoms with van der Waals surface area (Å²) in [7, 11) is 0. The molecule has 0 fully saturated rings. The summed E-state index contributed by atoms with van der Waals surface area (Å²) in [6.45, 7) is 0. The van der Waals surface area contributed by atoms with E-state index in [0.717, 1.165) is 22.8 Å². The second-order valence-corrected chi connectivity index (χ2v) is 2.40. The van der Waals surface area contributed by atoms with Gasteiger partial charge >= 0.3 is 1.43 Å². The highest BCUT2D eigenvalue weighted by molar-refractivity contribution is 5.96. The van der Waals surface area contributed by atoms with Gasteiger partial charge in [0.05, 0.1) is 0 Å². The van der Waals surface area contributed by atoms with Crippen LogP contribution in [0.25, 0.3) is 10.9 Å². The Bertz CT molecular complexity index is 394. The van der Waals surface area contributed by atoms with Crippen molar-refractivity contribution in [3.8, 4) is 0 Å². The largest absolute Gasteiger partial charge is 1.00 e. The third-order valence-electron chi connectivity index (χ3n) is 1.76. The Hall–Kier alpha value is -1.57. The normalized spacial score (nSPS) is 10.2. The average molecular weight is 146 g/mol. The summed E-state index contributed by atoms with van der Waals surface area (Å²) in [6, 6.07) is 7.52. The average Bonchev–Trinajstić information content (AvgIpc) is 2.50. The topological polar surface area (TPSA) is 32.9 Å². The van der Waals surface area contributed by atoms with E-state index in [1.165, 1.54) is 0 Å². The number of carbonyl (C=O) groups excluding carboxylic acids is 1. The molecule has 0 bridgehead atoms. The van der Waals surface area contributed by atoms with Crippen molar-refractivity contribution < 1.29 is 6.22 Å². The molecule has 0 saturated heterocycles. The van der Waals surface area contributed by atoms with Crippen molar-refractivity contribution in [2.24, 2.45) is 0 Å². The van der Waals surface area contributed by atoms with Crippen LogP contribution in [0.1, 0.15) is 11.8 Å². The lowest BCUT2D eigenvalue weighted by atomic mass is 10.1. The van der Waals surface area contributed by atoms with Crippen molar-refractivity contribution in [1.82, 2.24) is 4.98 Å². The molecule has 0 spiro atoms. The maximum absolute atomic E-state index is 10.5. The lowest BCUT2D eigenvalue weighted by Crippen LogP contribution is -1.78. The Kier molecular flexibility index (Phi) is 1.25. The van der Waals surface area contributed by atoms with Gasteiger partial charge in [0.1, 0.15) is 0 Å². The molecular formula is C9H8NO+. The second kappa shape index (κ2) is 2.23. The number of H-pyrrole nitrogens is 1. The van der Waals surface area contributed by atoms with Crippen LogP contribution >= 0.6 is 0 Å². The number of aldehydes is 1. The van der Waals surface area contributed by atoms with Crippen molar-refractivity contribution in [1.29, 1.82) is 0 Å². The predicted octanol–water partition coefficient (Wildman–Crippen LogP) is 2.09. The first-order valence-corrected chi connectivity index (χ1v) is 3.43. The lowest BCUT2D eigenvalue weighted by molar-refractivity contribution is 0.112. The first kappa shape index (κ1) is 6.16. The van der Waals surface area contributed by atoms with Gasteiger partial charge in [-0.3, -0.25) is 4.79 Å². The number of hydrogen-bond donors (Lipinski definition) is 1. The molecule has 0 amide bonds. The molecule has 0 aliphatic carbocycles. The SMILES string of the molecule is O=Cc1cccc2[nH]ccc12.[H+]. The quantitative estimate of drug-likeness (QED) is 0.614. The van der Waals surface area contributed by atoms with Crippen LogP contribution in [0.15, 0.2) is 30.5 Å². The van der Waals surface area contributed by atoms with Crippen LogP contribution in [0.5, 0.6) is 0 Å².